The standard InChI is InChI=1S/C10H18O2/c1-9(2)8-10(3,12)6-4-5-7-11/h4-5,7,9,12H,6,8H2,1-3H3. The predicted molar refractivity (Wildman–Crippen MR) is 49.9 cm³/mol. The van der Waals surface area contributed by atoms with Crippen molar-refractivity contribution in [2.75, 3.05) is 0 Å². The highest BCUT2D eigenvalue weighted by Gasteiger charge is 2.19. The van der Waals surface area contributed by atoms with Crippen molar-refractivity contribution in [3.05, 3.63) is 12.2 Å². The summed E-state index contributed by atoms with van der Waals surface area (Å²) in [6.07, 6.45) is 5.16. The quantitative estimate of drug-likeness (QED) is 0.505. The van der Waals surface area contributed by atoms with Crippen LogP contribution in [0.1, 0.15) is 33.6 Å². The van der Waals surface area contributed by atoms with Crippen molar-refractivity contribution in [1.29, 1.82) is 0 Å². The van der Waals surface area contributed by atoms with E-state index in [0.717, 1.165) is 12.7 Å². The van der Waals surface area contributed by atoms with Crippen LogP contribution in [0.4, 0.5) is 0 Å². The zero-order chi connectivity index (χ0) is 9.61. The summed E-state index contributed by atoms with van der Waals surface area (Å²) < 4.78 is 0. The monoisotopic (exact) mass is 170 g/mol. The SMILES string of the molecule is CC(C)CC(C)(O)CC=CC=O. The second-order valence-corrected chi connectivity index (χ2v) is 3.86. The van der Waals surface area contributed by atoms with Crippen LogP contribution in [0.15, 0.2) is 12.2 Å². The van der Waals surface area contributed by atoms with Gasteiger partial charge < -0.3 is 5.11 Å². The van der Waals surface area contributed by atoms with Crippen LogP contribution in [-0.4, -0.2) is 17.0 Å². The summed E-state index contributed by atoms with van der Waals surface area (Å²) in [5.41, 5.74) is -0.673. The highest BCUT2D eigenvalue weighted by molar-refractivity contribution is 5.64. The van der Waals surface area contributed by atoms with Crippen LogP contribution in [0.2, 0.25) is 0 Å². The van der Waals surface area contributed by atoms with Crippen LogP contribution in [0.5, 0.6) is 0 Å². The van der Waals surface area contributed by atoms with E-state index >= 15 is 0 Å². The molecule has 0 saturated heterocycles. The lowest BCUT2D eigenvalue weighted by atomic mass is 9.91. The van der Waals surface area contributed by atoms with Gasteiger partial charge in [0.2, 0.25) is 0 Å². The fraction of sp³-hybridized carbons (Fsp3) is 0.700. The maximum absolute atomic E-state index is 9.94. The Labute approximate surface area is 74.3 Å². The van der Waals surface area contributed by atoms with E-state index in [-0.39, 0.29) is 0 Å². The minimum Gasteiger partial charge on any atom is -0.390 e. The number of aldehydes is 1. The molecular formula is C10H18O2. The predicted octanol–water partition coefficient (Wildman–Crippen LogP) is 1.93. The van der Waals surface area contributed by atoms with E-state index in [4.69, 9.17) is 0 Å². The molecule has 0 heterocycles. The molecule has 0 bridgehead atoms. The molecule has 0 aliphatic carbocycles. The molecule has 0 rings (SSSR count). The Hall–Kier alpha value is -0.630. The van der Waals surface area contributed by atoms with Gasteiger partial charge in [-0.2, -0.15) is 0 Å². The zero-order valence-electron chi connectivity index (χ0n) is 8.08. The Bertz CT molecular complexity index is 157. The van der Waals surface area contributed by atoms with Crippen LogP contribution in [-0.2, 0) is 4.79 Å². The molecule has 0 aliphatic rings. The van der Waals surface area contributed by atoms with Gasteiger partial charge in [-0.15, -0.1) is 0 Å². The van der Waals surface area contributed by atoms with Gasteiger partial charge in [0.1, 0.15) is 6.29 Å². The Morgan fingerprint density at radius 2 is 2.08 bits per heavy atom. The van der Waals surface area contributed by atoms with Crippen molar-refractivity contribution in [2.45, 2.75) is 39.2 Å². The highest BCUT2D eigenvalue weighted by atomic mass is 16.3. The summed E-state index contributed by atoms with van der Waals surface area (Å²) in [5.74, 6) is 0.477. The normalized spacial score (nSPS) is 16.8. The minimum atomic E-state index is -0.673. The van der Waals surface area contributed by atoms with E-state index in [1.165, 1.54) is 6.08 Å². The van der Waals surface area contributed by atoms with Gasteiger partial charge in [0, 0.05) is 0 Å². The second-order valence-electron chi connectivity index (χ2n) is 3.86. The molecule has 0 aliphatic heterocycles. The lowest BCUT2D eigenvalue weighted by molar-refractivity contribution is -0.104. The molecule has 0 saturated carbocycles. The molecule has 0 amide bonds. The topological polar surface area (TPSA) is 37.3 Å². The Morgan fingerprint density at radius 3 is 2.50 bits per heavy atom. The molecule has 70 valence electrons. The minimum absolute atomic E-state index is 0.477. The smallest absolute Gasteiger partial charge is 0.142 e. The van der Waals surface area contributed by atoms with E-state index in [0.29, 0.717) is 12.3 Å². The van der Waals surface area contributed by atoms with Crippen LogP contribution in [0.3, 0.4) is 0 Å². The van der Waals surface area contributed by atoms with Crippen LogP contribution >= 0.6 is 0 Å². The van der Waals surface area contributed by atoms with Crippen molar-refractivity contribution >= 4 is 6.29 Å². The molecule has 1 N–H and O–H groups in total. The summed E-state index contributed by atoms with van der Waals surface area (Å²) in [5, 5.41) is 9.74. The van der Waals surface area contributed by atoms with Crippen molar-refractivity contribution in [3.8, 4) is 0 Å². The average Bonchev–Trinajstić information content (AvgIpc) is 1.84. The Balaban J connectivity index is 3.86. The fourth-order valence-electron chi connectivity index (χ4n) is 1.34. The summed E-state index contributed by atoms with van der Waals surface area (Å²) in [7, 11) is 0. The molecule has 1 unspecified atom stereocenters. The maximum Gasteiger partial charge on any atom is 0.142 e. The first kappa shape index (κ1) is 11.4. The van der Waals surface area contributed by atoms with Crippen LogP contribution in [0.25, 0.3) is 0 Å². The number of carbonyl (C=O) groups is 1. The third-order valence-electron chi connectivity index (χ3n) is 1.62. The lowest BCUT2D eigenvalue weighted by Crippen LogP contribution is -2.25. The Morgan fingerprint density at radius 1 is 1.50 bits per heavy atom. The van der Waals surface area contributed by atoms with Gasteiger partial charge in [-0.1, -0.05) is 19.9 Å². The van der Waals surface area contributed by atoms with Crippen molar-refractivity contribution in [1.82, 2.24) is 0 Å². The van der Waals surface area contributed by atoms with Crippen molar-refractivity contribution in [2.24, 2.45) is 5.92 Å². The summed E-state index contributed by atoms with van der Waals surface area (Å²) in [6, 6.07) is 0. The van der Waals surface area contributed by atoms with E-state index in [2.05, 4.69) is 13.8 Å². The number of aliphatic hydroxyl groups is 1. The number of hydrogen-bond acceptors (Lipinski definition) is 2. The molecule has 0 aromatic carbocycles. The molecule has 0 radical (unpaired) electrons. The molecule has 0 aromatic rings. The molecule has 2 heteroatoms. The fourth-order valence-corrected chi connectivity index (χ4v) is 1.34. The molecule has 1 atom stereocenters. The number of carbonyl (C=O) groups excluding carboxylic acids is 1. The third-order valence-corrected chi connectivity index (χ3v) is 1.62. The summed E-state index contributed by atoms with van der Waals surface area (Å²) in [6.45, 7) is 5.93. The largest absolute Gasteiger partial charge is 0.390 e. The summed E-state index contributed by atoms with van der Waals surface area (Å²) >= 11 is 0. The van der Waals surface area contributed by atoms with E-state index < -0.39 is 5.60 Å². The van der Waals surface area contributed by atoms with Gasteiger partial charge in [-0.05, 0) is 31.8 Å². The Kier molecular flexibility index (Phi) is 4.83. The van der Waals surface area contributed by atoms with Crippen molar-refractivity contribution < 1.29 is 9.90 Å². The lowest BCUT2D eigenvalue weighted by Gasteiger charge is -2.23. The van der Waals surface area contributed by atoms with E-state index in [9.17, 15) is 9.90 Å². The van der Waals surface area contributed by atoms with Crippen molar-refractivity contribution in [3.63, 3.8) is 0 Å². The van der Waals surface area contributed by atoms with Crippen LogP contribution < -0.4 is 0 Å². The maximum atomic E-state index is 9.94. The van der Waals surface area contributed by atoms with Gasteiger partial charge >= 0.3 is 0 Å². The van der Waals surface area contributed by atoms with Gasteiger partial charge in [0.25, 0.3) is 0 Å². The molecular weight excluding hydrogens is 152 g/mol. The number of rotatable bonds is 5. The van der Waals surface area contributed by atoms with Gasteiger partial charge in [0.15, 0.2) is 0 Å². The van der Waals surface area contributed by atoms with Gasteiger partial charge in [-0.3, -0.25) is 4.79 Å². The molecule has 0 aromatic heterocycles. The molecule has 0 fully saturated rings. The number of allylic oxidation sites excluding steroid dienone is 1. The molecule has 12 heavy (non-hydrogen) atoms. The van der Waals surface area contributed by atoms with E-state index in [1.54, 1.807) is 13.0 Å². The van der Waals surface area contributed by atoms with Crippen LogP contribution in [0, 0.1) is 5.92 Å². The van der Waals surface area contributed by atoms with E-state index in [1.807, 2.05) is 0 Å². The zero-order valence-corrected chi connectivity index (χ0v) is 8.08. The van der Waals surface area contributed by atoms with Gasteiger partial charge in [0.05, 0.1) is 5.60 Å². The number of hydrogen-bond donors (Lipinski definition) is 1. The molecule has 2 nitrogen and oxygen atoms in total. The second kappa shape index (κ2) is 5.09. The molecule has 0 spiro atoms. The first-order valence-electron chi connectivity index (χ1n) is 4.30. The third kappa shape index (κ3) is 6.10. The summed E-state index contributed by atoms with van der Waals surface area (Å²) in [4.78, 5) is 9.94. The average molecular weight is 170 g/mol. The van der Waals surface area contributed by atoms with Gasteiger partial charge in [-0.25, -0.2) is 0 Å². The first-order valence-corrected chi connectivity index (χ1v) is 4.30. The highest BCUT2D eigenvalue weighted by Crippen LogP contribution is 2.20. The first-order chi connectivity index (χ1) is 5.48.